The van der Waals surface area contributed by atoms with Gasteiger partial charge in [0.25, 0.3) is 11.0 Å². The topological polar surface area (TPSA) is 43.4 Å². The molecule has 1 heterocycles. The van der Waals surface area contributed by atoms with Gasteiger partial charge in [0.2, 0.25) is 0 Å². The zero-order valence-corrected chi connectivity index (χ0v) is 10.6. The smallest absolute Gasteiger partial charge is 0.298 e. The van der Waals surface area contributed by atoms with Crippen LogP contribution in [0.4, 0.5) is 0 Å². The molecule has 0 spiro atoms. The summed E-state index contributed by atoms with van der Waals surface area (Å²) in [5.41, 5.74) is 0.898. The normalized spacial score (nSPS) is 9.94. The van der Waals surface area contributed by atoms with Crippen molar-refractivity contribution in [2.75, 3.05) is 0 Å². The summed E-state index contributed by atoms with van der Waals surface area (Å²) in [6, 6.07) is 13.3. The van der Waals surface area contributed by atoms with Crippen molar-refractivity contribution in [2.24, 2.45) is 0 Å². The standard InChI is InChI=1S/C8H8O3S.C4H4S/c9-12(10)11-7-6-8-4-2-1-3-5-8;1-2-4-5-3-1/h1-7,12H;1-4H. The third-order valence-corrected chi connectivity index (χ3v) is 2.55. The minimum atomic E-state index is -2.78. The van der Waals surface area contributed by atoms with Gasteiger partial charge < -0.3 is 4.18 Å². The summed E-state index contributed by atoms with van der Waals surface area (Å²) in [6.07, 6.45) is 2.71. The molecule has 2 aromatic rings. The van der Waals surface area contributed by atoms with Gasteiger partial charge in [0.1, 0.15) is 6.26 Å². The van der Waals surface area contributed by atoms with Gasteiger partial charge in [0.15, 0.2) is 0 Å². The summed E-state index contributed by atoms with van der Waals surface area (Å²) in [5, 5.41) is 4.08. The number of benzene rings is 1. The molecule has 0 saturated heterocycles. The Bertz CT molecular complexity index is 463. The van der Waals surface area contributed by atoms with Crippen molar-refractivity contribution < 1.29 is 12.6 Å². The molecule has 0 bridgehead atoms. The van der Waals surface area contributed by atoms with Crippen molar-refractivity contribution in [3.05, 3.63) is 65.1 Å². The summed E-state index contributed by atoms with van der Waals surface area (Å²) in [5.74, 6) is 0. The van der Waals surface area contributed by atoms with Crippen molar-refractivity contribution in [2.45, 2.75) is 0 Å². The first-order chi connectivity index (χ1) is 8.29. The maximum absolute atomic E-state index is 9.95. The summed E-state index contributed by atoms with van der Waals surface area (Å²) in [4.78, 5) is 0. The lowest BCUT2D eigenvalue weighted by Crippen LogP contribution is -1.75. The Hall–Kier alpha value is -1.59. The Morgan fingerprint density at radius 2 is 1.65 bits per heavy atom. The van der Waals surface area contributed by atoms with E-state index in [4.69, 9.17) is 0 Å². The van der Waals surface area contributed by atoms with Crippen molar-refractivity contribution in [3.63, 3.8) is 0 Å². The predicted octanol–water partition coefficient (Wildman–Crippen LogP) is 2.95. The Morgan fingerprint density at radius 3 is 2.12 bits per heavy atom. The number of hydrogen-bond acceptors (Lipinski definition) is 4. The lowest BCUT2D eigenvalue weighted by molar-refractivity contribution is 0.469. The lowest BCUT2D eigenvalue weighted by atomic mass is 10.2. The maximum atomic E-state index is 9.95. The molecular weight excluding hydrogens is 256 g/mol. The number of thiol groups is 1. The molecule has 90 valence electrons. The molecule has 2 rings (SSSR count). The molecule has 1 aromatic carbocycles. The van der Waals surface area contributed by atoms with E-state index in [9.17, 15) is 8.42 Å². The quantitative estimate of drug-likeness (QED) is 0.687. The summed E-state index contributed by atoms with van der Waals surface area (Å²) in [6.45, 7) is 0. The first-order valence-electron chi connectivity index (χ1n) is 4.79. The van der Waals surface area contributed by atoms with Crippen LogP contribution in [0.25, 0.3) is 6.08 Å². The third-order valence-electron chi connectivity index (χ3n) is 1.63. The SMILES string of the molecule is O=[SH](=O)OC=Cc1ccccc1.c1ccsc1. The highest BCUT2D eigenvalue weighted by atomic mass is 32.2. The predicted molar refractivity (Wildman–Crippen MR) is 71.2 cm³/mol. The maximum Gasteiger partial charge on any atom is 0.298 e. The van der Waals surface area contributed by atoms with Crippen molar-refractivity contribution in [1.82, 2.24) is 0 Å². The second kappa shape index (κ2) is 8.55. The molecule has 0 unspecified atom stereocenters. The minimum absolute atomic E-state index is 0.898. The van der Waals surface area contributed by atoms with E-state index in [0.29, 0.717) is 0 Å². The number of hydrogen-bond donors (Lipinski definition) is 1. The highest BCUT2D eigenvalue weighted by molar-refractivity contribution is 7.67. The fourth-order valence-corrected chi connectivity index (χ4v) is 1.56. The number of rotatable bonds is 3. The van der Waals surface area contributed by atoms with E-state index in [1.54, 1.807) is 17.4 Å². The fourth-order valence-electron chi connectivity index (χ4n) is 0.950. The van der Waals surface area contributed by atoms with Crippen molar-refractivity contribution in [3.8, 4) is 0 Å². The van der Waals surface area contributed by atoms with Gasteiger partial charge >= 0.3 is 0 Å². The van der Waals surface area contributed by atoms with E-state index in [1.807, 2.05) is 53.2 Å². The monoisotopic (exact) mass is 268 g/mol. The van der Waals surface area contributed by atoms with Crippen LogP contribution < -0.4 is 0 Å². The van der Waals surface area contributed by atoms with Gasteiger partial charge in [0, 0.05) is 0 Å². The molecule has 17 heavy (non-hydrogen) atoms. The molecule has 0 aliphatic rings. The lowest BCUT2D eigenvalue weighted by Gasteiger charge is -1.89. The van der Waals surface area contributed by atoms with Crippen LogP contribution in [0.3, 0.4) is 0 Å². The molecule has 0 aliphatic carbocycles. The van der Waals surface area contributed by atoms with E-state index in [0.717, 1.165) is 11.8 Å². The Balaban J connectivity index is 0.000000239. The first kappa shape index (κ1) is 13.5. The molecule has 0 fully saturated rings. The van der Waals surface area contributed by atoms with E-state index in [1.165, 1.54) is 0 Å². The van der Waals surface area contributed by atoms with Crippen LogP contribution in [0.5, 0.6) is 0 Å². The largest absolute Gasteiger partial charge is 0.392 e. The van der Waals surface area contributed by atoms with Gasteiger partial charge in [0.05, 0.1) is 0 Å². The molecule has 0 amide bonds. The van der Waals surface area contributed by atoms with Crippen LogP contribution >= 0.6 is 11.3 Å². The molecule has 0 N–H and O–H groups in total. The molecule has 0 aliphatic heterocycles. The third kappa shape index (κ3) is 7.32. The van der Waals surface area contributed by atoms with Gasteiger partial charge in [-0.15, -0.1) is 0 Å². The van der Waals surface area contributed by atoms with Crippen LogP contribution in [0.15, 0.2) is 59.5 Å². The van der Waals surface area contributed by atoms with Crippen LogP contribution in [-0.4, -0.2) is 8.42 Å². The Morgan fingerprint density at radius 1 is 1.00 bits per heavy atom. The van der Waals surface area contributed by atoms with Gasteiger partial charge in [-0.1, -0.05) is 42.5 Å². The highest BCUT2D eigenvalue weighted by Gasteiger charge is 1.82. The molecule has 1 aromatic heterocycles. The van der Waals surface area contributed by atoms with Gasteiger partial charge in [-0.2, -0.15) is 19.8 Å². The van der Waals surface area contributed by atoms with Crippen molar-refractivity contribution >= 4 is 28.4 Å². The Labute approximate surface area is 106 Å². The van der Waals surface area contributed by atoms with Gasteiger partial charge in [-0.25, -0.2) is 0 Å². The Kier molecular flexibility index (Phi) is 6.78. The van der Waals surface area contributed by atoms with E-state index < -0.39 is 11.0 Å². The second-order valence-electron chi connectivity index (χ2n) is 2.84. The molecule has 0 atom stereocenters. The van der Waals surface area contributed by atoms with E-state index in [2.05, 4.69) is 4.18 Å². The first-order valence-corrected chi connectivity index (χ1v) is 6.83. The van der Waals surface area contributed by atoms with Crippen LogP contribution in [0.2, 0.25) is 0 Å². The molecule has 0 radical (unpaired) electrons. The van der Waals surface area contributed by atoms with Gasteiger partial charge in [-0.3, -0.25) is 0 Å². The van der Waals surface area contributed by atoms with Gasteiger partial charge in [-0.05, 0) is 22.4 Å². The van der Waals surface area contributed by atoms with E-state index >= 15 is 0 Å². The van der Waals surface area contributed by atoms with Crippen LogP contribution in [0.1, 0.15) is 5.56 Å². The zero-order valence-electron chi connectivity index (χ0n) is 8.93. The van der Waals surface area contributed by atoms with E-state index in [-0.39, 0.29) is 0 Å². The molecule has 3 nitrogen and oxygen atoms in total. The molecular formula is C12H12O3S2. The minimum Gasteiger partial charge on any atom is -0.392 e. The molecule has 5 heteroatoms. The second-order valence-corrected chi connectivity index (χ2v) is 4.31. The summed E-state index contributed by atoms with van der Waals surface area (Å²) < 4.78 is 24.1. The highest BCUT2D eigenvalue weighted by Crippen LogP contribution is 2.00. The zero-order chi connectivity index (χ0) is 12.3. The average Bonchev–Trinajstić information content (AvgIpc) is 2.88. The summed E-state index contributed by atoms with van der Waals surface area (Å²) in [7, 11) is -2.78. The molecule has 0 saturated carbocycles. The summed E-state index contributed by atoms with van der Waals surface area (Å²) >= 11 is 1.71. The van der Waals surface area contributed by atoms with Crippen molar-refractivity contribution in [1.29, 1.82) is 0 Å². The van der Waals surface area contributed by atoms with Crippen LogP contribution in [-0.2, 0) is 15.2 Å². The average molecular weight is 268 g/mol. The number of thiophene rings is 1. The fraction of sp³-hybridized carbons (Fsp3) is 0. The van der Waals surface area contributed by atoms with Crippen LogP contribution in [0, 0.1) is 0 Å².